The highest BCUT2D eigenvalue weighted by atomic mass is 32.2. The lowest BCUT2D eigenvalue weighted by atomic mass is 10.0. The lowest BCUT2D eigenvalue weighted by molar-refractivity contribution is -0.150. The predicted octanol–water partition coefficient (Wildman–Crippen LogP) is 0.151. The number of rotatable bonds is 4. The summed E-state index contributed by atoms with van der Waals surface area (Å²) in [6.07, 6.45) is 0. The number of phenols is 1. The lowest BCUT2D eigenvalue weighted by Gasteiger charge is -2.49. The van der Waals surface area contributed by atoms with Crippen LogP contribution in [0.15, 0.2) is 35.5 Å². The predicted molar refractivity (Wildman–Crippen MR) is 90.4 cm³/mol. The summed E-state index contributed by atoms with van der Waals surface area (Å²) < 4.78 is 0. The minimum Gasteiger partial charge on any atom is -0.508 e. The molecule has 5 N–H and O–H groups in total. The lowest BCUT2D eigenvalue weighted by Crippen LogP contribution is -2.71. The molecule has 25 heavy (non-hydrogen) atoms. The molecule has 0 bridgehead atoms. The standard InChI is InChI=1S/C16H17N3O5S/c1-7-6-25-15-11(14(22)19(15)12(7)16(23)24)18-13(21)10(17)8-2-4-9(20)5-3-8/h2-5,10-11,15,20H,6,17H2,1H3,(H,18,21)(H,23,24)/t10?,11-,15-/m1/s1. The van der Waals surface area contributed by atoms with Crippen molar-refractivity contribution in [3.63, 3.8) is 0 Å². The van der Waals surface area contributed by atoms with Crippen LogP contribution in [0, 0.1) is 0 Å². The van der Waals surface area contributed by atoms with Crippen LogP contribution >= 0.6 is 11.8 Å². The fraction of sp³-hybridized carbons (Fsp3) is 0.312. The van der Waals surface area contributed by atoms with E-state index in [1.807, 2.05) is 0 Å². The van der Waals surface area contributed by atoms with E-state index in [0.29, 0.717) is 16.9 Å². The number of carbonyl (C=O) groups is 3. The summed E-state index contributed by atoms with van der Waals surface area (Å²) in [5.74, 6) is -1.61. The van der Waals surface area contributed by atoms with E-state index in [1.165, 1.54) is 40.9 Å². The number of β-lactam (4-membered cyclic amide) rings is 1. The molecule has 2 heterocycles. The van der Waals surface area contributed by atoms with Crippen LogP contribution in [0.5, 0.6) is 5.75 Å². The molecule has 1 unspecified atom stereocenters. The number of nitrogens with two attached hydrogens (primary N) is 1. The minimum absolute atomic E-state index is 0.0120. The molecule has 0 aliphatic carbocycles. The summed E-state index contributed by atoms with van der Waals surface area (Å²) in [6, 6.07) is 4.09. The molecule has 0 radical (unpaired) electrons. The summed E-state index contributed by atoms with van der Waals surface area (Å²) in [5.41, 5.74) is 7.00. The molecule has 2 aliphatic heterocycles. The van der Waals surface area contributed by atoms with E-state index in [9.17, 15) is 24.6 Å². The Labute approximate surface area is 147 Å². The summed E-state index contributed by atoms with van der Waals surface area (Å²) in [6.45, 7) is 1.67. The number of aliphatic carboxylic acids is 1. The largest absolute Gasteiger partial charge is 0.508 e. The molecule has 2 aliphatic rings. The highest BCUT2D eigenvalue weighted by molar-refractivity contribution is 8.00. The number of fused-ring (bicyclic) bond motifs is 1. The van der Waals surface area contributed by atoms with E-state index in [4.69, 9.17) is 5.73 Å². The first-order valence-electron chi connectivity index (χ1n) is 7.54. The van der Waals surface area contributed by atoms with Crippen molar-refractivity contribution in [2.75, 3.05) is 5.75 Å². The van der Waals surface area contributed by atoms with Crippen LogP contribution in [0.25, 0.3) is 0 Å². The van der Waals surface area contributed by atoms with Gasteiger partial charge in [-0.25, -0.2) is 4.79 Å². The number of nitrogens with zero attached hydrogens (tertiary/aromatic N) is 1. The molecule has 3 atom stereocenters. The number of hydrogen-bond donors (Lipinski definition) is 4. The van der Waals surface area contributed by atoms with Gasteiger partial charge in [-0.15, -0.1) is 11.8 Å². The smallest absolute Gasteiger partial charge is 0.352 e. The number of nitrogens with one attached hydrogen (secondary N) is 1. The Kier molecular flexibility index (Phi) is 4.44. The van der Waals surface area contributed by atoms with Gasteiger partial charge in [-0.1, -0.05) is 12.1 Å². The van der Waals surface area contributed by atoms with Crippen molar-refractivity contribution in [3.8, 4) is 5.75 Å². The average Bonchev–Trinajstić information content (AvgIpc) is 2.58. The first-order chi connectivity index (χ1) is 11.8. The van der Waals surface area contributed by atoms with Crippen molar-refractivity contribution in [3.05, 3.63) is 41.1 Å². The van der Waals surface area contributed by atoms with Crippen LogP contribution in [0.2, 0.25) is 0 Å². The Morgan fingerprint density at radius 1 is 1.36 bits per heavy atom. The summed E-state index contributed by atoms with van der Waals surface area (Å²) in [5, 5.41) is 20.7. The van der Waals surface area contributed by atoms with Crippen molar-refractivity contribution in [2.24, 2.45) is 5.73 Å². The van der Waals surface area contributed by atoms with Gasteiger partial charge in [-0.05, 0) is 30.2 Å². The maximum absolute atomic E-state index is 12.3. The number of carboxylic acids is 1. The molecule has 0 saturated carbocycles. The second-order valence-electron chi connectivity index (χ2n) is 5.90. The zero-order valence-electron chi connectivity index (χ0n) is 13.3. The molecular weight excluding hydrogens is 346 g/mol. The molecule has 2 amide bonds. The summed E-state index contributed by atoms with van der Waals surface area (Å²) in [7, 11) is 0. The van der Waals surface area contributed by atoms with Gasteiger partial charge in [-0.3, -0.25) is 14.5 Å². The highest BCUT2D eigenvalue weighted by Crippen LogP contribution is 2.40. The molecule has 0 spiro atoms. The number of benzene rings is 1. The van der Waals surface area contributed by atoms with Crippen LogP contribution in [0.1, 0.15) is 18.5 Å². The molecule has 1 fully saturated rings. The van der Waals surface area contributed by atoms with Crippen LogP contribution in [-0.4, -0.2) is 50.1 Å². The quantitative estimate of drug-likeness (QED) is 0.560. The fourth-order valence-electron chi connectivity index (χ4n) is 2.85. The van der Waals surface area contributed by atoms with Gasteiger partial charge in [0.25, 0.3) is 5.91 Å². The van der Waals surface area contributed by atoms with Gasteiger partial charge in [0.2, 0.25) is 5.91 Å². The van der Waals surface area contributed by atoms with Crippen molar-refractivity contribution in [1.82, 2.24) is 10.2 Å². The Morgan fingerprint density at radius 3 is 2.60 bits per heavy atom. The average molecular weight is 363 g/mol. The number of phenolic OH excluding ortho intramolecular Hbond substituents is 1. The first-order valence-corrected chi connectivity index (χ1v) is 8.58. The molecule has 0 aromatic heterocycles. The molecule has 1 aromatic carbocycles. The van der Waals surface area contributed by atoms with E-state index in [1.54, 1.807) is 6.92 Å². The van der Waals surface area contributed by atoms with Crippen molar-refractivity contribution >= 4 is 29.5 Å². The van der Waals surface area contributed by atoms with Gasteiger partial charge in [0.05, 0.1) is 0 Å². The van der Waals surface area contributed by atoms with Crippen LogP contribution in [-0.2, 0) is 14.4 Å². The van der Waals surface area contributed by atoms with Gasteiger partial charge in [0.15, 0.2) is 0 Å². The van der Waals surface area contributed by atoms with Crippen LogP contribution in [0.4, 0.5) is 0 Å². The second-order valence-corrected chi connectivity index (χ2v) is 7.00. The van der Waals surface area contributed by atoms with Gasteiger partial charge < -0.3 is 21.3 Å². The number of carboxylic acid groups (broad SMARTS) is 1. The molecule has 1 saturated heterocycles. The van der Waals surface area contributed by atoms with E-state index in [-0.39, 0.29) is 11.4 Å². The van der Waals surface area contributed by atoms with E-state index in [0.717, 1.165) is 0 Å². The third kappa shape index (κ3) is 2.96. The number of carbonyl (C=O) groups excluding carboxylic acids is 2. The molecule has 3 rings (SSSR count). The molecular formula is C16H17N3O5S. The maximum Gasteiger partial charge on any atom is 0.352 e. The number of hydrogen-bond acceptors (Lipinski definition) is 6. The Balaban J connectivity index is 1.71. The van der Waals surface area contributed by atoms with Gasteiger partial charge >= 0.3 is 5.97 Å². The fourth-order valence-corrected chi connectivity index (χ4v) is 4.14. The van der Waals surface area contributed by atoms with Gasteiger partial charge in [0.1, 0.15) is 28.9 Å². The molecule has 132 valence electrons. The van der Waals surface area contributed by atoms with Crippen LogP contribution < -0.4 is 11.1 Å². The minimum atomic E-state index is -1.15. The zero-order chi connectivity index (χ0) is 18.3. The Bertz CT molecular complexity index is 776. The normalized spacial score (nSPS) is 23.6. The van der Waals surface area contributed by atoms with Gasteiger partial charge in [-0.2, -0.15) is 0 Å². The molecule has 8 nitrogen and oxygen atoms in total. The third-order valence-electron chi connectivity index (χ3n) is 4.19. The topological polar surface area (TPSA) is 133 Å². The zero-order valence-corrected chi connectivity index (χ0v) is 14.1. The molecule has 1 aromatic rings. The first kappa shape index (κ1) is 17.3. The number of aromatic hydroxyl groups is 1. The number of thioether (sulfide) groups is 1. The maximum atomic E-state index is 12.3. The SMILES string of the molecule is CC1=C(C(=O)O)N2C(=O)[C@@H](NC(=O)C(N)c3ccc(O)cc3)[C@H]2SC1. The highest BCUT2D eigenvalue weighted by Gasteiger charge is 2.53. The van der Waals surface area contributed by atoms with E-state index >= 15 is 0 Å². The summed E-state index contributed by atoms with van der Waals surface area (Å²) >= 11 is 1.40. The summed E-state index contributed by atoms with van der Waals surface area (Å²) in [4.78, 5) is 37.2. The van der Waals surface area contributed by atoms with Crippen LogP contribution in [0.3, 0.4) is 0 Å². The second kappa shape index (κ2) is 6.41. The monoisotopic (exact) mass is 363 g/mol. The van der Waals surface area contributed by atoms with Crippen molar-refractivity contribution in [1.29, 1.82) is 0 Å². The Morgan fingerprint density at radius 2 is 2.00 bits per heavy atom. The van der Waals surface area contributed by atoms with E-state index < -0.39 is 35.2 Å². The molecule has 9 heteroatoms. The third-order valence-corrected chi connectivity index (χ3v) is 5.62. The number of amides is 2. The van der Waals surface area contributed by atoms with Crippen molar-refractivity contribution in [2.45, 2.75) is 24.4 Å². The van der Waals surface area contributed by atoms with Crippen molar-refractivity contribution < 1.29 is 24.6 Å². The van der Waals surface area contributed by atoms with Gasteiger partial charge in [0, 0.05) is 5.75 Å². The van der Waals surface area contributed by atoms with E-state index in [2.05, 4.69) is 5.32 Å². The Hall–Kier alpha value is -2.52.